The van der Waals surface area contributed by atoms with Crippen LogP contribution in [0.1, 0.15) is 24.0 Å². The summed E-state index contributed by atoms with van der Waals surface area (Å²) in [5, 5.41) is 3.04. The normalized spacial score (nSPS) is 16.1. The lowest BCUT2D eigenvalue weighted by molar-refractivity contribution is -0.130. The van der Waals surface area contributed by atoms with E-state index < -0.39 is 5.41 Å². The fraction of sp³-hybridized carbons (Fsp3) is 0.381. The van der Waals surface area contributed by atoms with Gasteiger partial charge in [0.1, 0.15) is 12.4 Å². The van der Waals surface area contributed by atoms with Crippen molar-refractivity contribution in [2.45, 2.75) is 26.4 Å². The number of nitrogens with two attached hydrogens (primary N) is 1. The van der Waals surface area contributed by atoms with Gasteiger partial charge in [0, 0.05) is 25.4 Å². The van der Waals surface area contributed by atoms with Crippen molar-refractivity contribution < 1.29 is 14.3 Å². The van der Waals surface area contributed by atoms with Gasteiger partial charge in [-0.15, -0.1) is 0 Å². The molecular formula is C21H26N2O3. The molecule has 0 spiro atoms. The third kappa shape index (κ3) is 4.23. The molecule has 0 aliphatic carbocycles. The molecule has 3 N–H and O–H groups in total. The number of rotatable bonds is 6. The first-order valence-electron chi connectivity index (χ1n) is 9.00. The Hall–Kier alpha value is -2.37. The summed E-state index contributed by atoms with van der Waals surface area (Å²) in [7, 11) is 0. The maximum atomic E-state index is 12.8. The number of ether oxygens (including phenoxy) is 2. The van der Waals surface area contributed by atoms with Gasteiger partial charge in [0.05, 0.1) is 5.41 Å². The van der Waals surface area contributed by atoms with Crippen LogP contribution < -0.4 is 15.8 Å². The van der Waals surface area contributed by atoms with E-state index in [0.717, 1.165) is 22.6 Å². The zero-order chi connectivity index (χ0) is 18.4. The van der Waals surface area contributed by atoms with Crippen molar-refractivity contribution >= 4 is 11.6 Å². The first-order valence-corrected chi connectivity index (χ1v) is 9.00. The number of hydrogen-bond donors (Lipinski definition) is 2. The Morgan fingerprint density at radius 3 is 2.58 bits per heavy atom. The van der Waals surface area contributed by atoms with Crippen molar-refractivity contribution in [2.75, 3.05) is 25.1 Å². The number of anilines is 1. The van der Waals surface area contributed by atoms with Gasteiger partial charge >= 0.3 is 0 Å². The van der Waals surface area contributed by atoms with Gasteiger partial charge in [-0.05, 0) is 49.1 Å². The van der Waals surface area contributed by atoms with Gasteiger partial charge in [0.2, 0.25) is 5.91 Å². The highest BCUT2D eigenvalue weighted by atomic mass is 16.5. The van der Waals surface area contributed by atoms with E-state index in [1.54, 1.807) is 0 Å². The summed E-state index contributed by atoms with van der Waals surface area (Å²) in [5.74, 6) is 0.758. The SMILES string of the molecule is Cc1cc(OCc2ccccc2)ccc1NC(=O)C1(CN)CCOCC1. The van der Waals surface area contributed by atoms with E-state index >= 15 is 0 Å². The number of carbonyl (C=O) groups is 1. The molecule has 2 aromatic rings. The van der Waals surface area contributed by atoms with Gasteiger partial charge in [0.25, 0.3) is 0 Å². The second kappa shape index (κ2) is 8.34. The highest BCUT2D eigenvalue weighted by molar-refractivity contribution is 5.96. The van der Waals surface area contributed by atoms with Crippen LogP contribution in [0.15, 0.2) is 48.5 Å². The van der Waals surface area contributed by atoms with E-state index in [4.69, 9.17) is 15.2 Å². The number of nitrogens with one attached hydrogen (secondary N) is 1. The maximum absolute atomic E-state index is 12.8. The van der Waals surface area contributed by atoms with Crippen LogP contribution in [0.2, 0.25) is 0 Å². The van der Waals surface area contributed by atoms with E-state index in [1.165, 1.54) is 0 Å². The molecule has 1 saturated heterocycles. The maximum Gasteiger partial charge on any atom is 0.232 e. The Morgan fingerprint density at radius 2 is 1.92 bits per heavy atom. The summed E-state index contributed by atoms with van der Waals surface area (Å²) < 4.78 is 11.2. The van der Waals surface area contributed by atoms with E-state index in [2.05, 4.69) is 5.32 Å². The fourth-order valence-electron chi connectivity index (χ4n) is 3.15. The molecule has 0 aromatic heterocycles. The number of carbonyl (C=O) groups excluding carboxylic acids is 1. The number of hydrogen-bond acceptors (Lipinski definition) is 4. The first kappa shape index (κ1) is 18.4. The molecule has 0 radical (unpaired) electrons. The molecule has 2 aromatic carbocycles. The smallest absolute Gasteiger partial charge is 0.232 e. The van der Waals surface area contributed by atoms with E-state index in [-0.39, 0.29) is 5.91 Å². The molecule has 1 amide bonds. The van der Waals surface area contributed by atoms with Crippen LogP contribution in [0.5, 0.6) is 5.75 Å². The minimum atomic E-state index is -0.535. The monoisotopic (exact) mass is 354 g/mol. The molecule has 1 aliphatic rings. The summed E-state index contributed by atoms with van der Waals surface area (Å²) in [6, 6.07) is 15.7. The lowest BCUT2D eigenvalue weighted by atomic mass is 9.79. The van der Waals surface area contributed by atoms with Crippen molar-refractivity contribution in [3.8, 4) is 5.75 Å². The third-order valence-electron chi connectivity index (χ3n) is 5.02. The molecular weight excluding hydrogens is 328 g/mol. The van der Waals surface area contributed by atoms with Gasteiger partial charge < -0.3 is 20.5 Å². The highest BCUT2D eigenvalue weighted by Gasteiger charge is 2.38. The Labute approximate surface area is 154 Å². The molecule has 1 fully saturated rings. The highest BCUT2D eigenvalue weighted by Crippen LogP contribution is 2.32. The van der Waals surface area contributed by atoms with Gasteiger partial charge in [-0.3, -0.25) is 4.79 Å². The first-order chi connectivity index (χ1) is 12.6. The predicted molar refractivity (Wildman–Crippen MR) is 102 cm³/mol. The quantitative estimate of drug-likeness (QED) is 0.835. The van der Waals surface area contributed by atoms with Crippen LogP contribution in [-0.2, 0) is 16.1 Å². The Kier molecular flexibility index (Phi) is 5.91. The van der Waals surface area contributed by atoms with E-state index in [1.807, 2.05) is 55.5 Å². The van der Waals surface area contributed by atoms with E-state index in [0.29, 0.717) is 39.2 Å². The topological polar surface area (TPSA) is 73.6 Å². The Bertz CT molecular complexity index is 740. The number of benzene rings is 2. The van der Waals surface area contributed by atoms with Crippen molar-refractivity contribution in [1.29, 1.82) is 0 Å². The van der Waals surface area contributed by atoms with Crippen LogP contribution in [-0.4, -0.2) is 25.7 Å². The van der Waals surface area contributed by atoms with Gasteiger partial charge in [-0.2, -0.15) is 0 Å². The van der Waals surface area contributed by atoms with Gasteiger partial charge in [0.15, 0.2) is 0 Å². The minimum absolute atomic E-state index is 0.0237. The summed E-state index contributed by atoms with van der Waals surface area (Å²) in [6.45, 7) is 3.97. The molecule has 0 saturated carbocycles. The number of amides is 1. The summed E-state index contributed by atoms with van der Waals surface area (Å²) in [6.07, 6.45) is 1.32. The van der Waals surface area contributed by atoms with Crippen LogP contribution in [0.4, 0.5) is 5.69 Å². The summed E-state index contributed by atoms with van der Waals surface area (Å²) in [5.41, 5.74) is 8.25. The van der Waals surface area contributed by atoms with Crippen molar-refractivity contribution in [2.24, 2.45) is 11.1 Å². The van der Waals surface area contributed by atoms with Gasteiger partial charge in [-0.1, -0.05) is 30.3 Å². The van der Waals surface area contributed by atoms with Crippen molar-refractivity contribution in [3.63, 3.8) is 0 Å². The molecule has 0 unspecified atom stereocenters. The lowest BCUT2D eigenvalue weighted by Gasteiger charge is -2.34. The van der Waals surface area contributed by atoms with Crippen LogP contribution in [0, 0.1) is 12.3 Å². The Morgan fingerprint density at radius 1 is 1.19 bits per heavy atom. The molecule has 0 atom stereocenters. The largest absolute Gasteiger partial charge is 0.489 e. The lowest BCUT2D eigenvalue weighted by Crippen LogP contribution is -2.46. The van der Waals surface area contributed by atoms with E-state index in [9.17, 15) is 4.79 Å². The molecule has 26 heavy (non-hydrogen) atoms. The molecule has 5 heteroatoms. The zero-order valence-electron chi connectivity index (χ0n) is 15.2. The van der Waals surface area contributed by atoms with Crippen LogP contribution in [0.3, 0.4) is 0 Å². The number of aryl methyl sites for hydroxylation is 1. The van der Waals surface area contributed by atoms with Crippen LogP contribution in [0.25, 0.3) is 0 Å². The van der Waals surface area contributed by atoms with Crippen LogP contribution >= 0.6 is 0 Å². The average molecular weight is 354 g/mol. The summed E-state index contributed by atoms with van der Waals surface area (Å²) in [4.78, 5) is 12.8. The predicted octanol–water partition coefficient (Wildman–Crippen LogP) is 3.27. The average Bonchev–Trinajstić information content (AvgIpc) is 2.69. The third-order valence-corrected chi connectivity index (χ3v) is 5.02. The second-order valence-electron chi connectivity index (χ2n) is 6.80. The second-order valence-corrected chi connectivity index (χ2v) is 6.80. The molecule has 1 aliphatic heterocycles. The molecule has 138 valence electrons. The van der Waals surface area contributed by atoms with Gasteiger partial charge in [-0.25, -0.2) is 0 Å². The molecule has 0 bridgehead atoms. The molecule has 3 rings (SSSR count). The van der Waals surface area contributed by atoms with Crippen molar-refractivity contribution in [3.05, 3.63) is 59.7 Å². The molecule has 5 nitrogen and oxygen atoms in total. The minimum Gasteiger partial charge on any atom is -0.489 e. The molecule has 1 heterocycles. The standard InChI is InChI=1S/C21H26N2O3/c1-16-13-18(26-14-17-5-3-2-4-6-17)7-8-19(16)23-20(24)21(15-22)9-11-25-12-10-21/h2-8,13H,9-12,14-15,22H2,1H3,(H,23,24). The Balaban J connectivity index is 1.64. The summed E-state index contributed by atoms with van der Waals surface area (Å²) >= 11 is 0. The zero-order valence-corrected chi connectivity index (χ0v) is 15.2. The van der Waals surface area contributed by atoms with Crippen molar-refractivity contribution in [1.82, 2.24) is 0 Å². The fourth-order valence-corrected chi connectivity index (χ4v) is 3.15.